The van der Waals surface area contributed by atoms with Gasteiger partial charge in [0, 0.05) is 41.6 Å². The summed E-state index contributed by atoms with van der Waals surface area (Å²) in [5.41, 5.74) is 3.64. The van der Waals surface area contributed by atoms with Gasteiger partial charge in [-0.1, -0.05) is 39.7 Å². The van der Waals surface area contributed by atoms with Crippen LogP contribution in [0.4, 0.5) is 0 Å². The molecular weight excluding hydrogens is 490 g/mol. The Kier molecular flexibility index (Phi) is 8.50. The minimum absolute atomic E-state index is 0.0130. The third-order valence-electron chi connectivity index (χ3n) is 9.44. The van der Waals surface area contributed by atoms with Gasteiger partial charge < -0.3 is 5.32 Å². The quantitative estimate of drug-likeness (QED) is 0.386. The van der Waals surface area contributed by atoms with Gasteiger partial charge in [-0.2, -0.15) is 15.5 Å². The Morgan fingerprint density at radius 2 is 2.05 bits per heavy atom. The van der Waals surface area contributed by atoms with Crippen LogP contribution in [-0.4, -0.2) is 40.9 Å². The van der Waals surface area contributed by atoms with Crippen LogP contribution in [0.1, 0.15) is 101 Å². The minimum Gasteiger partial charge on any atom is -0.348 e. The van der Waals surface area contributed by atoms with Crippen LogP contribution in [0.5, 0.6) is 0 Å². The first-order valence-corrected chi connectivity index (χ1v) is 15.6. The van der Waals surface area contributed by atoms with Gasteiger partial charge in [-0.3, -0.25) is 9.69 Å². The second-order valence-electron chi connectivity index (χ2n) is 12.1. The second kappa shape index (κ2) is 11.8. The predicted molar refractivity (Wildman–Crippen MR) is 155 cm³/mol. The molecule has 38 heavy (non-hydrogen) atoms. The van der Waals surface area contributed by atoms with Crippen molar-refractivity contribution in [3.63, 3.8) is 0 Å². The third kappa shape index (κ3) is 5.67. The van der Waals surface area contributed by atoms with Gasteiger partial charge in [-0.15, -0.1) is 11.3 Å². The van der Waals surface area contributed by atoms with E-state index in [0.717, 1.165) is 66.5 Å². The van der Waals surface area contributed by atoms with E-state index in [1.165, 1.54) is 41.9 Å². The Morgan fingerprint density at radius 3 is 2.74 bits per heavy atom. The molecule has 6 nitrogen and oxygen atoms in total. The lowest BCUT2D eigenvalue weighted by atomic mass is 9.80. The Labute approximate surface area is 232 Å². The van der Waals surface area contributed by atoms with E-state index in [9.17, 15) is 10.1 Å². The van der Waals surface area contributed by atoms with E-state index in [0.29, 0.717) is 23.9 Å². The number of carbonyl (C=O) groups excluding carboxylic acids is 1. The molecule has 1 aromatic heterocycles. The lowest BCUT2D eigenvalue weighted by Gasteiger charge is -2.53. The highest BCUT2D eigenvalue weighted by Gasteiger charge is 2.51. The molecule has 0 radical (unpaired) electrons. The second-order valence-corrected chi connectivity index (χ2v) is 13.2. The Balaban J connectivity index is 1.24. The molecule has 4 unspecified atom stereocenters. The molecule has 5 rings (SSSR count). The summed E-state index contributed by atoms with van der Waals surface area (Å²) in [6.07, 6.45) is 12.3. The standard InChI is InChI=1S/C31H43N5OS/c1-5-28-25-15-21(14-23-17-27(19(2)3)35-34-20(23)4)16-29(25)36(28)13-12-26(30-11-10-24(18-32)38-30)33-31(37)22-8-6-7-9-22/h10-11,14,19,21-22,25-26,28-29H,5-9,12-13,15-17H2,1-4H3,(H,33,37)/b23-14-/t21?,25?,26-,28?,29?/m0/s1. The van der Waals surface area contributed by atoms with Crippen molar-refractivity contribution in [1.29, 1.82) is 5.26 Å². The number of fused-ring (bicyclic) bond motifs is 1. The molecule has 5 atom stereocenters. The molecule has 3 fully saturated rings. The first kappa shape index (κ1) is 27.3. The molecule has 1 saturated heterocycles. The molecule has 7 heteroatoms. The van der Waals surface area contributed by atoms with Gasteiger partial charge in [0.25, 0.3) is 0 Å². The molecule has 4 aliphatic rings. The van der Waals surface area contributed by atoms with Crippen molar-refractivity contribution in [2.24, 2.45) is 33.9 Å². The van der Waals surface area contributed by atoms with Gasteiger partial charge in [-0.25, -0.2) is 0 Å². The van der Waals surface area contributed by atoms with Gasteiger partial charge >= 0.3 is 0 Å². The molecule has 0 spiro atoms. The number of rotatable bonds is 9. The average Bonchev–Trinajstić information content (AvgIpc) is 3.66. The molecule has 2 aliphatic heterocycles. The van der Waals surface area contributed by atoms with E-state index in [2.05, 4.69) is 60.3 Å². The number of thiophene rings is 1. The Bertz CT molecular complexity index is 1150. The Morgan fingerprint density at radius 1 is 1.26 bits per heavy atom. The van der Waals surface area contributed by atoms with E-state index in [-0.39, 0.29) is 17.9 Å². The topological polar surface area (TPSA) is 80.8 Å². The highest BCUT2D eigenvalue weighted by Crippen LogP contribution is 2.49. The van der Waals surface area contributed by atoms with Crippen LogP contribution < -0.4 is 5.32 Å². The number of likely N-dealkylation sites (tertiary alicyclic amines) is 1. The summed E-state index contributed by atoms with van der Waals surface area (Å²) in [4.78, 5) is 17.6. The highest BCUT2D eigenvalue weighted by atomic mass is 32.1. The number of allylic oxidation sites excluding steroid dienone is 2. The third-order valence-corrected chi connectivity index (χ3v) is 10.5. The first-order valence-electron chi connectivity index (χ1n) is 14.8. The number of hydrogen-bond acceptors (Lipinski definition) is 6. The molecule has 204 valence electrons. The van der Waals surface area contributed by atoms with Crippen molar-refractivity contribution >= 4 is 28.7 Å². The highest BCUT2D eigenvalue weighted by molar-refractivity contribution is 7.12. The molecule has 0 aromatic carbocycles. The lowest BCUT2D eigenvalue weighted by Crippen LogP contribution is -2.61. The zero-order chi connectivity index (χ0) is 26.8. The SMILES string of the molecule is CCC1C2CC(/C=C3/CC(C(C)C)=NN=C3C)CC2N1CC[C@H](NC(=O)C1CCCC1)c1ccc(C#N)s1. The lowest BCUT2D eigenvalue weighted by molar-refractivity contribution is -0.125. The summed E-state index contributed by atoms with van der Waals surface area (Å²) in [5.74, 6) is 2.16. The van der Waals surface area contributed by atoms with Gasteiger partial charge in [-0.05, 0) is 80.9 Å². The van der Waals surface area contributed by atoms with Crippen LogP contribution >= 0.6 is 11.3 Å². The maximum atomic E-state index is 13.1. The monoisotopic (exact) mass is 533 g/mol. The summed E-state index contributed by atoms with van der Waals surface area (Å²) >= 11 is 1.53. The normalized spacial score (nSPS) is 29.5. The zero-order valence-corrected chi connectivity index (χ0v) is 24.3. The van der Waals surface area contributed by atoms with Gasteiger partial charge in [0.1, 0.15) is 10.9 Å². The fourth-order valence-electron chi connectivity index (χ4n) is 7.27. The van der Waals surface area contributed by atoms with Crippen molar-refractivity contribution in [1.82, 2.24) is 10.2 Å². The first-order chi connectivity index (χ1) is 18.4. The number of hydrogen-bond donors (Lipinski definition) is 1. The fraction of sp³-hybridized carbons (Fsp3) is 0.677. The fourth-order valence-corrected chi connectivity index (χ4v) is 8.16. The largest absolute Gasteiger partial charge is 0.348 e. The van der Waals surface area contributed by atoms with Gasteiger partial charge in [0.2, 0.25) is 5.91 Å². The zero-order valence-electron chi connectivity index (χ0n) is 23.4. The van der Waals surface area contributed by atoms with Crippen molar-refractivity contribution < 1.29 is 4.79 Å². The van der Waals surface area contributed by atoms with Crippen LogP contribution in [0.25, 0.3) is 0 Å². The van der Waals surface area contributed by atoms with Gasteiger partial charge in [0.15, 0.2) is 0 Å². The maximum Gasteiger partial charge on any atom is 0.223 e. The maximum absolute atomic E-state index is 13.1. The summed E-state index contributed by atoms with van der Waals surface area (Å²) in [6, 6.07) is 7.45. The smallest absolute Gasteiger partial charge is 0.223 e. The number of amides is 1. The van der Waals surface area contributed by atoms with E-state index < -0.39 is 0 Å². The number of carbonyl (C=O) groups is 1. The molecule has 1 amide bonds. The van der Waals surface area contributed by atoms with Crippen LogP contribution in [0.2, 0.25) is 0 Å². The number of nitrogens with zero attached hydrogens (tertiary/aromatic N) is 4. The van der Waals surface area contributed by atoms with Crippen LogP contribution in [0, 0.1) is 35.0 Å². The molecule has 2 aliphatic carbocycles. The molecule has 3 heterocycles. The van der Waals surface area contributed by atoms with Gasteiger partial charge in [0.05, 0.1) is 11.8 Å². The van der Waals surface area contributed by atoms with Crippen molar-refractivity contribution in [2.75, 3.05) is 6.54 Å². The van der Waals surface area contributed by atoms with E-state index >= 15 is 0 Å². The van der Waals surface area contributed by atoms with Crippen LogP contribution in [0.3, 0.4) is 0 Å². The predicted octanol–water partition coefficient (Wildman–Crippen LogP) is 6.65. The van der Waals surface area contributed by atoms with Crippen molar-refractivity contribution in [2.45, 2.75) is 104 Å². The summed E-state index contributed by atoms with van der Waals surface area (Å²) < 4.78 is 0. The molecule has 1 N–H and O–H groups in total. The summed E-state index contributed by atoms with van der Waals surface area (Å²) in [5, 5.41) is 21.7. The average molecular weight is 534 g/mol. The van der Waals surface area contributed by atoms with E-state index in [4.69, 9.17) is 0 Å². The molecular formula is C31H43N5OS. The number of nitriles is 1. The number of nitrogens with one attached hydrogen (secondary N) is 1. The van der Waals surface area contributed by atoms with Crippen molar-refractivity contribution in [3.05, 3.63) is 33.5 Å². The molecule has 1 aromatic rings. The Hall–Kier alpha value is -2.30. The summed E-state index contributed by atoms with van der Waals surface area (Å²) in [6.45, 7) is 9.81. The van der Waals surface area contributed by atoms with Crippen molar-refractivity contribution in [3.8, 4) is 6.07 Å². The summed E-state index contributed by atoms with van der Waals surface area (Å²) in [7, 11) is 0. The molecule has 2 saturated carbocycles. The molecule has 0 bridgehead atoms. The van der Waals surface area contributed by atoms with Crippen LogP contribution in [0.15, 0.2) is 34.0 Å². The van der Waals surface area contributed by atoms with E-state index in [1.807, 2.05) is 12.1 Å². The van der Waals surface area contributed by atoms with Crippen LogP contribution in [-0.2, 0) is 4.79 Å². The minimum atomic E-state index is -0.0130. The van der Waals surface area contributed by atoms with E-state index in [1.54, 1.807) is 0 Å².